The van der Waals surface area contributed by atoms with Gasteiger partial charge in [0.15, 0.2) is 0 Å². The average molecular weight is 594 g/mol. The van der Waals surface area contributed by atoms with Gasteiger partial charge >= 0.3 is 133 Å². The van der Waals surface area contributed by atoms with E-state index in [1.165, 1.54) is 118 Å². The summed E-state index contributed by atoms with van der Waals surface area (Å²) in [6.07, 6.45) is 28.0. The van der Waals surface area contributed by atoms with Gasteiger partial charge in [0.05, 0.1) is 0 Å². The summed E-state index contributed by atoms with van der Waals surface area (Å²) in [4.78, 5) is 9.91. The molecule has 0 saturated heterocycles. The summed E-state index contributed by atoms with van der Waals surface area (Å²) in [5.74, 6) is 0. The summed E-state index contributed by atoms with van der Waals surface area (Å²) in [5, 5.41) is 4.69. The Morgan fingerprint density at radius 2 is 0.972 bits per heavy atom. The molecule has 0 amide bonds. The van der Waals surface area contributed by atoms with Crippen LogP contribution in [0, 0.1) is 0 Å². The standard InChI is InChI=1S/C30H63AsO4P/c1-5-9-10-11-12-13-14-15-16-17-18-19-20-21-22-23-24-25-26-27-29-34-36(32,33)35-30-28-31(6-2,7-3)8-4/h15-16H,5-14,17-30H2,1-4H3,(H,32,33)/b16-15-. The monoisotopic (exact) mass is 593 g/mol. The second kappa shape index (κ2) is 25.7. The molecule has 0 bridgehead atoms. The van der Waals surface area contributed by atoms with Crippen LogP contribution in [0.2, 0.25) is 20.8 Å². The van der Waals surface area contributed by atoms with Gasteiger partial charge in [0.1, 0.15) is 0 Å². The predicted molar refractivity (Wildman–Crippen MR) is 162 cm³/mol. The van der Waals surface area contributed by atoms with Crippen molar-refractivity contribution in [3.8, 4) is 0 Å². The second-order valence-corrected chi connectivity index (χ2v) is 22.5. The maximum atomic E-state index is 12.1. The predicted octanol–water partition coefficient (Wildman–Crippen LogP) is 11.2. The minimum atomic E-state index is -3.88. The van der Waals surface area contributed by atoms with E-state index in [0.29, 0.717) is 13.2 Å². The summed E-state index contributed by atoms with van der Waals surface area (Å²) in [6, 6.07) is 0. The van der Waals surface area contributed by atoms with Crippen molar-refractivity contribution in [2.45, 2.75) is 164 Å². The zero-order valence-corrected chi connectivity index (χ0v) is 27.5. The van der Waals surface area contributed by atoms with Gasteiger partial charge in [-0.25, -0.2) is 0 Å². The first kappa shape index (κ1) is 36.4. The van der Waals surface area contributed by atoms with Gasteiger partial charge in [0.2, 0.25) is 0 Å². The van der Waals surface area contributed by atoms with Crippen LogP contribution in [0.5, 0.6) is 0 Å². The molecule has 0 spiro atoms. The van der Waals surface area contributed by atoms with Gasteiger partial charge < -0.3 is 0 Å². The fraction of sp³-hybridized carbons (Fsp3) is 0.933. The van der Waals surface area contributed by atoms with Gasteiger partial charge in [0, 0.05) is 0 Å². The van der Waals surface area contributed by atoms with Crippen LogP contribution >= 0.6 is 7.82 Å². The molecule has 0 aromatic heterocycles. The molecule has 0 aliphatic heterocycles. The van der Waals surface area contributed by atoms with E-state index in [1.54, 1.807) is 0 Å². The Hall–Kier alpha value is 0.408. The van der Waals surface area contributed by atoms with Crippen molar-refractivity contribution in [3.05, 3.63) is 12.2 Å². The van der Waals surface area contributed by atoms with Crippen LogP contribution < -0.4 is 0 Å². The average Bonchev–Trinajstić information content (AvgIpc) is 2.87. The Kier molecular flexibility index (Phi) is 26.0. The van der Waals surface area contributed by atoms with E-state index < -0.39 is 21.4 Å². The van der Waals surface area contributed by atoms with Gasteiger partial charge in [-0.2, -0.15) is 0 Å². The summed E-state index contributed by atoms with van der Waals surface area (Å²) < 4.78 is 22.5. The molecule has 0 fully saturated rings. The number of unbranched alkanes of at least 4 members (excludes halogenated alkanes) is 16. The SMILES string of the molecule is CCCCCCCC/C=C\CCCCCCCCCCCCOP(=O)(O)OCC[As](CC)(CC)CC. The van der Waals surface area contributed by atoms with Gasteiger partial charge in [-0.05, 0) is 25.7 Å². The molecule has 1 unspecified atom stereocenters. The van der Waals surface area contributed by atoms with Crippen LogP contribution in [0.3, 0.4) is 0 Å². The number of phosphoric ester groups is 1. The van der Waals surface area contributed by atoms with E-state index in [-0.39, 0.29) is 0 Å². The molecule has 217 valence electrons. The van der Waals surface area contributed by atoms with Crippen molar-refractivity contribution in [3.63, 3.8) is 0 Å². The normalized spacial score (nSPS) is 14.0. The Labute approximate surface area is 228 Å². The third kappa shape index (κ3) is 22.4. The third-order valence-corrected chi connectivity index (χ3v) is 19.6. The molecule has 1 N–H and O–H groups in total. The van der Waals surface area contributed by atoms with Gasteiger partial charge in [0.25, 0.3) is 0 Å². The van der Waals surface area contributed by atoms with Gasteiger partial charge in [-0.15, -0.1) is 0 Å². The fourth-order valence-electron chi connectivity index (χ4n) is 4.77. The second-order valence-electron chi connectivity index (χ2n) is 10.5. The topological polar surface area (TPSA) is 55.8 Å². The van der Waals surface area contributed by atoms with E-state index in [9.17, 15) is 9.46 Å². The summed E-state index contributed by atoms with van der Waals surface area (Å²) >= 11 is -1.68. The van der Waals surface area contributed by atoms with Crippen molar-refractivity contribution in [1.29, 1.82) is 0 Å². The van der Waals surface area contributed by atoms with E-state index in [1.807, 2.05) is 0 Å². The quantitative estimate of drug-likeness (QED) is 0.0424. The van der Waals surface area contributed by atoms with E-state index in [4.69, 9.17) is 9.05 Å². The van der Waals surface area contributed by atoms with Crippen LogP contribution in [0.25, 0.3) is 0 Å². The zero-order valence-electron chi connectivity index (χ0n) is 24.7. The van der Waals surface area contributed by atoms with Gasteiger partial charge in [-0.1, -0.05) is 70.4 Å². The third-order valence-electron chi connectivity index (χ3n) is 7.74. The van der Waals surface area contributed by atoms with E-state index in [2.05, 4.69) is 39.8 Å². The van der Waals surface area contributed by atoms with Crippen LogP contribution in [-0.2, 0) is 13.6 Å². The number of allylic oxidation sites excluding steroid dienone is 2. The molecular weight excluding hydrogens is 530 g/mol. The van der Waals surface area contributed by atoms with E-state index >= 15 is 0 Å². The number of hydrogen-bond acceptors (Lipinski definition) is 3. The summed E-state index contributed by atoms with van der Waals surface area (Å²) in [6.45, 7) is 9.74. The zero-order chi connectivity index (χ0) is 26.8. The molecule has 4 nitrogen and oxygen atoms in total. The Bertz CT molecular complexity index is 529. The molecular formula is C30H63AsO4P. The molecule has 0 aliphatic rings. The van der Waals surface area contributed by atoms with Crippen molar-refractivity contribution >= 4 is 21.4 Å². The Balaban J connectivity index is 3.43. The van der Waals surface area contributed by atoms with E-state index in [0.717, 1.165) is 18.1 Å². The minimum absolute atomic E-state index is 0.321. The molecule has 36 heavy (non-hydrogen) atoms. The molecule has 1 radical (unpaired) electrons. The van der Waals surface area contributed by atoms with Crippen molar-refractivity contribution < 1.29 is 18.5 Å². The molecule has 0 heterocycles. The molecule has 0 aromatic carbocycles. The van der Waals surface area contributed by atoms with Crippen LogP contribution in [0.15, 0.2) is 12.2 Å². The van der Waals surface area contributed by atoms with Crippen LogP contribution in [0.1, 0.15) is 143 Å². The maximum absolute atomic E-state index is 12.1. The number of rotatable bonds is 28. The molecule has 0 rings (SSSR count). The Morgan fingerprint density at radius 1 is 0.583 bits per heavy atom. The van der Waals surface area contributed by atoms with Crippen molar-refractivity contribution in [2.75, 3.05) is 13.2 Å². The van der Waals surface area contributed by atoms with Crippen molar-refractivity contribution in [1.82, 2.24) is 0 Å². The first-order chi connectivity index (χ1) is 17.4. The summed E-state index contributed by atoms with van der Waals surface area (Å²) in [7, 11) is -3.88. The first-order valence-corrected chi connectivity index (χ1v) is 22.4. The first-order valence-electron chi connectivity index (χ1n) is 15.6. The Morgan fingerprint density at radius 3 is 1.42 bits per heavy atom. The molecule has 6 heteroatoms. The fourth-order valence-corrected chi connectivity index (χ4v) is 11.6. The molecule has 0 aliphatic carbocycles. The van der Waals surface area contributed by atoms with Crippen molar-refractivity contribution in [2.24, 2.45) is 0 Å². The summed E-state index contributed by atoms with van der Waals surface area (Å²) in [5.41, 5.74) is 0. The van der Waals surface area contributed by atoms with Crippen LogP contribution in [-0.4, -0.2) is 31.7 Å². The van der Waals surface area contributed by atoms with Crippen LogP contribution in [0.4, 0.5) is 0 Å². The molecule has 0 saturated carbocycles. The number of hydrogen-bond donors (Lipinski definition) is 1. The molecule has 0 aromatic rings. The van der Waals surface area contributed by atoms with Gasteiger partial charge in [-0.3, -0.25) is 0 Å². The number of phosphoric acid groups is 1. The molecule has 1 atom stereocenters.